The maximum absolute atomic E-state index is 13.8. The lowest BCUT2D eigenvalue weighted by Crippen LogP contribution is -2.41. The summed E-state index contributed by atoms with van der Waals surface area (Å²) in [6.07, 6.45) is 1.63. The Morgan fingerprint density at radius 3 is 2.02 bits per heavy atom. The quantitative estimate of drug-likeness (QED) is 0.0598. The van der Waals surface area contributed by atoms with Crippen LogP contribution in [0.1, 0.15) is 52.4 Å². The average Bonchev–Trinajstić information content (AvgIpc) is 3.10. The first-order chi connectivity index (χ1) is 23.1. The summed E-state index contributed by atoms with van der Waals surface area (Å²) in [5.41, 5.74) is 8.64. The smallest absolute Gasteiger partial charge is 0.343 e. The van der Waals surface area contributed by atoms with E-state index >= 15 is 0 Å². The molecular weight excluding hydrogens is 610 g/mol. The van der Waals surface area contributed by atoms with E-state index in [-0.39, 0.29) is 37.7 Å². The number of nitrogens with one attached hydrogen (secondary N) is 1. The first-order valence-electron chi connectivity index (χ1n) is 15.3. The van der Waals surface area contributed by atoms with Gasteiger partial charge in [0, 0.05) is 17.7 Å². The van der Waals surface area contributed by atoms with Gasteiger partial charge in [-0.1, -0.05) is 72.8 Å². The van der Waals surface area contributed by atoms with Crippen molar-refractivity contribution in [3.8, 4) is 5.75 Å². The number of esters is 3. The molecule has 4 aromatic carbocycles. The number of nitrogen functional groups attached to an aromatic ring is 1. The molecule has 1 amide bonds. The Morgan fingerprint density at radius 1 is 0.812 bits per heavy atom. The minimum atomic E-state index is -0.870. The molecular formula is C38H37N3O7. The zero-order valence-corrected chi connectivity index (χ0v) is 26.8. The highest BCUT2D eigenvalue weighted by molar-refractivity contribution is 5.99. The van der Waals surface area contributed by atoms with E-state index in [1.807, 2.05) is 36.4 Å². The van der Waals surface area contributed by atoms with Crippen molar-refractivity contribution in [2.75, 3.05) is 19.7 Å². The first-order valence-corrected chi connectivity index (χ1v) is 15.3. The molecule has 0 aliphatic heterocycles. The van der Waals surface area contributed by atoms with Gasteiger partial charge in [-0.2, -0.15) is 0 Å². The predicted octanol–water partition coefficient (Wildman–Crippen LogP) is 5.51. The second-order valence-corrected chi connectivity index (χ2v) is 10.8. The fourth-order valence-electron chi connectivity index (χ4n) is 4.78. The van der Waals surface area contributed by atoms with E-state index in [1.165, 1.54) is 4.90 Å². The van der Waals surface area contributed by atoms with E-state index in [9.17, 15) is 19.2 Å². The molecule has 1 unspecified atom stereocenters. The van der Waals surface area contributed by atoms with Gasteiger partial charge in [0.05, 0.1) is 18.1 Å². The summed E-state index contributed by atoms with van der Waals surface area (Å²) in [5.74, 6) is -2.86. The molecule has 0 fully saturated rings. The third kappa shape index (κ3) is 9.98. The standard InChI is InChI=1S/C38H37N3O7/c1-3-46-34(42)24-41(23-33(29-12-8-5-9-13-29)38(45)47-25-28-10-6-4-7-11-28)36(43)26(2)22-27-14-16-31(17-15-27)37(44)48-32-20-18-30(19-21-32)35(39)40/h4-22,33H,3,23-25H2,1-2H3,(H3,39,40)/b26-22+. The van der Waals surface area contributed by atoms with Crippen LogP contribution in [0.15, 0.2) is 115 Å². The van der Waals surface area contributed by atoms with Crippen molar-refractivity contribution < 1.29 is 33.4 Å². The molecule has 0 bridgehead atoms. The Bertz CT molecular complexity index is 1750. The molecule has 48 heavy (non-hydrogen) atoms. The number of rotatable bonds is 14. The van der Waals surface area contributed by atoms with Crippen molar-refractivity contribution in [1.29, 1.82) is 5.41 Å². The molecule has 0 aromatic heterocycles. The molecule has 3 N–H and O–H groups in total. The maximum atomic E-state index is 13.8. The Kier molecular flexibility index (Phi) is 12.4. The van der Waals surface area contributed by atoms with Crippen molar-refractivity contribution in [3.05, 3.63) is 143 Å². The Balaban J connectivity index is 1.51. The fourth-order valence-corrected chi connectivity index (χ4v) is 4.78. The highest BCUT2D eigenvalue weighted by atomic mass is 16.5. The molecule has 0 heterocycles. The molecule has 0 aliphatic rings. The van der Waals surface area contributed by atoms with E-state index in [1.54, 1.807) is 92.7 Å². The zero-order chi connectivity index (χ0) is 34.5. The Morgan fingerprint density at radius 2 is 1.42 bits per heavy atom. The monoisotopic (exact) mass is 647 g/mol. The highest BCUT2D eigenvalue weighted by Crippen LogP contribution is 2.22. The number of nitrogens with zero attached hydrogens (tertiary/aromatic N) is 1. The molecule has 10 nitrogen and oxygen atoms in total. The summed E-state index contributed by atoms with van der Waals surface area (Å²) >= 11 is 0. The van der Waals surface area contributed by atoms with Crippen molar-refractivity contribution in [1.82, 2.24) is 4.90 Å². The molecule has 1 atom stereocenters. The van der Waals surface area contributed by atoms with Gasteiger partial charge >= 0.3 is 17.9 Å². The summed E-state index contributed by atoms with van der Waals surface area (Å²) in [4.78, 5) is 53.8. The number of hydrogen-bond donors (Lipinski definition) is 2. The molecule has 4 aromatic rings. The number of benzene rings is 4. The van der Waals surface area contributed by atoms with Crippen LogP contribution in [0.25, 0.3) is 6.08 Å². The van der Waals surface area contributed by atoms with Crippen LogP contribution in [0.2, 0.25) is 0 Å². The van der Waals surface area contributed by atoms with E-state index in [2.05, 4.69) is 0 Å². The molecule has 0 spiro atoms. The van der Waals surface area contributed by atoms with Gasteiger partial charge in [-0.3, -0.25) is 19.8 Å². The van der Waals surface area contributed by atoms with Crippen molar-refractivity contribution in [2.45, 2.75) is 26.4 Å². The topological polar surface area (TPSA) is 149 Å². The van der Waals surface area contributed by atoms with Crippen LogP contribution in [0, 0.1) is 5.41 Å². The number of amidine groups is 1. The fraction of sp³-hybridized carbons (Fsp3) is 0.184. The number of amides is 1. The third-order valence-corrected chi connectivity index (χ3v) is 7.27. The summed E-state index contributed by atoms with van der Waals surface area (Å²) in [6, 6.07) is 30.9. The predicted molar refractivity (Wildman–Crippen MR) is 181 cm³/mol. The summed E-state index contributed by atoms with van der Waals surface area (Å²) in [7, 11) is 0. The van der Waals surface area contributed by atoms with Crippen LogP contribution < -0.4 is 10.5 Å². The lowest BCUT2D eigenvalue weighted by Gasteiger charge is -2.27. The number of ether oxygens (including phenoxy) is 3. The normalized spacial score (nSPS) is 11.6. The van der Waals surface area contributed by atoms with Crippen molar-refractivity contribution in [3.63, 3.8) is 0 Å². The Labute approximate surface area is 279 Å². The number of nitrogens with two attached hydrogens (primary N) is 1. The lowest BCUT2D eigenvalue weighted by molar-refractivity contribution is -0.151. The molecule has 0 saturated carbocycles. The van der Waals surface area contributed by atoms with Crippen molar-refractivity contribution in [2.24, 2.45) is 5.73 Å². The maximum Gasteiger partial charge on any atom is 0.343 e. The van der Waals surface area contributed by atoms with E-state index in [4.69, 9.17) is 25.4 Å². The van der Waals surface area contributed by atoms with Crippen LogP contribution in [0.4, 0.5) is 0 Å². The largest absolute Gasteiger partial charge is 0.465 e. The zero-order valence-electron chi connectivity index (χ0n) is 26.8. The van der Waals surface area contributed by atoms with Crippen LogP contribution in [-0.2, 0) is 30.5 Å². The van der Waals surface area contributed by atoms with Gasteiger partial charge in [0.2, 0.25) is 5.91 Å². The van der Waals surface area contributed by atoms with Crippen LogP contribution in [-0.4, -0.2) is 54.2 Å². The average molecular weight is 648 g/mol. The number of carbonyl (C=O) groups excluding carboxylic acids is 4. The molecule has 246 valence electrons. The van der Waals surface area contributed by atoms with Gasteiger partial charge in [0.1, 0.15) is 24.7 Å². The van der Waals surface area contributed by atoms with E-state index in [0.29, 0.717) is 28.0 Å². The third-order valence-electron chi connectivity index (χ3n) is 7.27. The molecule has 0 saturated heterocycles. The number of carbonyl (C=O) groups is 4. The summed E-state index contributed by atoms with van der Waals surface area (Å²) < 4.78 is 16.2. The van der Waals surface area contributed by atoms with Gasteiger partial charge in [-0.15, -0.1) is 0 Å². The minimum Gasteiger partial charge on any atom is -0.465 e. The summed E-state index contributed by atoms with van der Waals surface area (Å²) in [5, 5.41) is 7.47. The van der Waals surface area contributed by atoms with Gasteiger partial charge in [-0.25, -0.2) is 4.79 Å². The van der Waals surface area contributed by atoms with E-state index in [0.717, 1.165) is 5.56 Å². The molecule has 0 radical (unpaired) electrons. The van der Waals surface area contributed by atoms with Gasteiger partial charge < -0.3 is 24.8 Å². The highest BCUT2D eigenvalue weighted by Gasteiger charge is 2.29. The summed E-state index contributed by atoms with van der Waals surface area (Å²) in [6.45, 7) is 2.98. The molecule has 0 aliphatic carbocycles. The van der Waals surface area contributed by atoms with E-state index < -0.39 is 29.7 Å². The van der Waals surface area contributed by atoms with Gasteiger partial charge in [0.25, 0.3) is 0 Å². The SMILES string of the molecule is CCOC(=O)CN(CC(C(=O)OCc1ccccc1)c1ccccc1)C(=O)/C(C)=C/c1ccc(C(=O)Oc2ccc(C(=N)N)cc2)cc1. The minimum absolute atomic E-state index is 0.0590. The molecule has 4 rings (SSSR count). The van der Waals surface area contributed by atoms with Gasteiger partial charge in [-0.05, 0) is 73.0 Å². The lowest BCUT2D eigenvalue weighted by atomic mass is 9.98. The van der Waals surface area contributed by atoms with Gasteiger partial charge in [0.15, 0.2) is 0 Å². The first kappa shape index (κ1) is 34.8. The van der Waals surface area contributed by atoms with Crippen LogP contribution in [0.5, 0.6) is 5.75 Å². The Hall–Kier alpha value is -6.03. The van der Waals surface area contributed by atoms with Crippen LogP contribution >= 0.6 is 0 Å². The number of hydrogen-bond acceptors (Lipinski definition) is 8. The second-order valence-electron chi connectivity index (χ2n) is 10.8. The van der Waals surface area contributed by atoms with Crippen LogP contribution in [0.3, 0.4) is 0 Å². The van der Waals surface area contributed by atoms with Crippen molar-refractivity contribution >= 4 is 35.7 Å². The molecule has 10 heteroatoms. The second kappa shape index (κ2) is 17.0.